The van der Waals surface area contributed by atoms with E-state index in [-0.39, 0.29) is 98.5 Å². The van der Waals surface area contributed by atoms with Crippen molar-refractivity contribution in [2.75, 3.05) is 26.4 Å². The van der Waals surface area contributed by atoms with E-state index in [1.54, 1.807) is 158 Å². The standard InChI is InChI=1S/C101H104O22/c1-8-59-111-95(110)101-57-55-96(2,3)60-73(101)72-49-50-77-97(4)53-52-78(98(5,63-114-87(104)66-37-21-11-22-38-66)76(97)51-54-100(77,7)99(72,6)56-58-101)117-93-83(121-91(108)70-45-29-15-30-46-70)82(120-90(107)69-43-27-14-28-44-69)80(75(115-93)62-113-86(103)65-35-19-10-20-36-65)123-94-84(122-92(109)71-47-31-16-32-48-71)81(119-89(106)68-41-25-13-26-42-68)79(118-88(105)67-39-23-12-24-40-67)74(116-94)61-112-85(102)64-33-17-9-18-34-64/h8-49,73-84,93-94H,1,50-63H2,2-7H3/t73-,74+,75+,76?,77+,78-,79+,80+,81-,82-,83+,84+,93-,94+,97-,98-,99+,100+,101-/m0/s1. The van der Waals surface area contributed by atoms with Crippen molar-refractivity contribution in [3.8, 4) is 0 Å². The van der Waals surface area contributed by atoms with Crippen LogP contribution in [0.25, 0.3) is 0 Å². The van der Waals surface area contributed by atoms with Crippen LogP contribution in [0.2, 0.25) is 0 Å². The van der Waals surface area contributed by atoms with Gasteiger partial charge in [0, 0.05) is 5.41 Å². The normalized spacial score (nSPS) is 30.3. The number of rotatable bonds is 26. The van der Waals surface area contributed by atoms with Crippen molar-refractivity contribution in [2.45, 2.75) is 173 Å². The summed E-state index contributed by atoms with van der Waals surface area (Å²) >= 11 is 0. The molecule has 0 N–H and O–H groups in total. The van der Waals surface area contributed by atoms with Gasteiger partial charge in [0.05, 0.1) is 62.6 Å². The van der Waals surface area contributed by atoms with Crippen molar-refractivity contribution >= 4 is 53.7 Å². The summed E-state index contributed by atoms with van der Waals surface area (Å²) in [7, 11) is 0. The Morgan fingerprint density at radius 1 is 0.382 bits per heavy atom. The molecule has 640 valence electrons. The maximum absolute atomic E-state index is 15.6. The van der Waals surface area contributed by atoms with Gasteiger partial charge in [0.1, 0.15) is 38.1 Å². The predicted octanol–water partition coefficient (Wildman–Crippen LogP) is 17.4. The molecule has 0 spiro atoms. The molecule has 2 heterocycles. The highest BCUT2D eigenvalue weighted by molar-refractivity contribution is 5.94. The molecule has 22 heteroatoms. The third-order valence-electron chi connectivity index (χ3n) is 27.5. The number of allylic oxidation sites excluding steroid dienone is 2. The first-order chi connectivity index (χ1) is 59.3. The molecule has 19 atom stereocenters. The zero-order valence-corrected chi connectivity index (χ0v) is 69.9. The number of fused-ring (bicyclic) bond motifs is 7. The molecule has 6 fully saturated rings. The third kappa shape index (κ3) is 17.8. The molecule has 0 aromatic heterocycles. The second kappa shape index (κ2) is 36.8. The number of ether oxygens (including phenoxy) is 13. The van der Waals surface area contributed by atoms with Gasteiger partial charge in [0.2, 0.25) is 0 Å². The number of benzene rings is 8. The van der Waals surface area contributed by atoms with Crippen LogP contribution in [0.15, 0.2) is 267 Å². The maximum Gasteiger partial charge on any atom is 0.338 e. The molecule has 2 aliphatic heterocycles. The van der Waals surface area contributed by atoms with E-state index >= 15 is 19.2 Å². The number of hydrogen-bond donors (Lipinski definition) is 0. The molecule has 7 aliphatic rings. The summed E-state index contributed by atoms with van der Waals surface area (Å²) in [5.74, 6) is -7.76. The summed E-state index contributed by atoms with van der Waals surface area (Å²) in [5, 5.41) is 0. The summed E-state index contributed by atoms with van der Waals surface area (Å²) in [6, 6.07) is 64.1. The van der Waals surface area contributed by atoms with Gasteiger partial charge in [-0.25, -0.2) is 38.4 Å². The Hall–Kier alpha value is -11.7. The van der Waals surface area contributed by atoms with Crippen LogP contribution >= 0.6 is 0 Å². The van der Waals surface area contributed by atoms with Gasteiger partial charge in [-0.05, 0) is 201 Å². The van der Waals surface area contributed by atoms with Crippen LogP contribution in [0.5, 0.6) is 0 Å². The van der Waals surface area contributed by atoms with E-state index in [1.165, 1.54) is 90.5 Å². The molecule has 123 heavy (non-hydrogen) atoms. The van der Waals surface area contributed by atoms with Crippen LogP contribution in [0.1, 0.15) is 189 Å². The fourth-order valence-corrected chi connectivity index (χ4v) is 20.8. The third-order valence-corrected chi connectivity index (χ3v) is 27.5. The first-order valence-corrected chi connectivity index (χ1v) is 42.4. The highest BCUT2D eigenvalue weighted by atomic mass is 16.8. The number of carbonyl (C=O) groups is 9. The average molecular weight is 1670 g/mol. The van der Waals surface area contributed by atoms with E-state index in [1.807, 2.05) is 6.07 Å². The Bertz CT molecular complexity index is 5130. The molecule has 8 aromatic rings. The fourth-order valence-electron chi connectivity index (χ4n) is 20.8. The molecule has 0 radical (unpaired) electrons. The minimum absolute atomic E-state index is 0.00334. The van der Waals surface area contributed by atoms with Crippen LogP contribution in [0.3, 0.4) is 0 Å². The second-order valence-corrected chi connectivity index (χ2v) is 35.2. The van der Waals surface area contributed by atoms with E-state index in [4.69, 9.17) is 61.6 Å². The molecule has 1 unspecified atom stereocenters. The van der Waals surface area contributed by atoms with Gasteiger partial charge in [0.25, 0.3) is 0 Å². The van der Waals surface area contributed by atoms with E-state index in [0.717, 1.165) is 32.1 Å². The lowest BCUT2D eigenvalue weighted by molar-refractivity contribution is -0.366. The highest BCUT2D eigenvalue weighted by Crippen LogP contribution is 2.76. The first-order valence-electron chi connectivity index (χ1n) is 42.4. The number of hydrogen-bond acceptors (Lipinski definition) is 22. The lowest BCUT2D eigenvalue weighted by atomic mass is 9.33. The number of carbonyl (C=O) groups excluding carboxylic acids is 9. The second-order valence-electron chi connectivity index (χ2n) is 35.2. The van der Waals surface area contributed by atoms with Gasteiger partial charge in [0.15, 0.2) is 43.1 Å². The van der Waals surface area contributed by atoms with Crippen LogP contribution in [0.4, 0.5) is 0 Å². The summed E-state index contributed by atoms with van der Waals surface area (Å²) in [4.78, 5) is 135. The molecular weight excluding hydrogens is 1570 g/mol. The molecule has 2 saturated heterocycles. The van der Waals surface area contributed by atoms with Crippen molar-refractivity contribution in [1.82, 2.24) is 0 Å². The van der Waals surface area contributed by atoms with Gasteiger partial charge >= 0.3 is 53.7 Å². The molecule has 0 bridgehead atoms. The van der Waals surface area contributed by atoms with Crippen LogP contribution in [-0.4, -0.2) is 148 Å². The quantitative estimate of drug-likeness (QED) is 0.0211. The smallest absolute Gasteiger partial charge is 0.338 e. The lowest BCUT2D eigenvalue weighted by Gasteiger charge is -2.71. The van der Waals surface area contributed by atoms with Gasteiger partial charge in [-0.3, -0.25) is 4.79 Å². The number of esters is 9. The van der Waals surface area contributed by atoms with Crippen molar-refractivity contribution in [2.24, 2.45) is 50.2 Å². The molecule has 22 nitrogen and oxygen atoms in total. The summed E-state index contributed by atoms with van der Waals surface area (Å²) in [6.45, 7) is 16.1. The predicted molar refractivity (Wildman–Crippen MR) is 450 cm³/mol. The Morgan fingerprint density at radius 2 is 0.748 bits per heavy atom. The fraction of sp³-hybridized carbons (Fsp3) is 0.396. The molecular formula is C101H104O22. The summed E-state index contributed by atoms with van der Waals surface area (Å²) < 4.78 is 88.0. The van der Waals surface area contributed by atoms with Gasteiger partial charge in [-0.1, -0.05) is 211 Å². The Labute approximate surface area is 716 Å². The summed E-state index contributed by atoms with van der Waals surface area (Å²) in [5.41, 5.74) is -1.15. The van der Waals surface area contributed by atoms with Crippen molar-refractivity contribution < 1.29 is 105 Å². The zero-order valence-electron chi connectivity index (χ0n) is 69.9. The van der Waals surface area contributed by atoms with Crippen molar-refractivity contribution in [3.63, 3.8) is 0 Å². The molecule has 0 amide bonds. The first kappa shape index (κ1) is 86.3. The largest absolute Gasteiger partial charge is 0.461 e. The minimum atomic E-state index is -2.16. The Morgan fingerprint density at radius 3 is 1.17 bits per heavy atom. The van der Waals surface area contributed by atoms with Gasteiger partial charge in [-0.15, -0.1) is 0 Å². The monoisotopic (exact) mass is 1670 g/mol. The van der Waals surface area contributed by atoms with E-state index in [2.05, 4.69) is 54.2 Å². The van der Waals surface area contributed by atoms with Crippen molar-refractivity contribution in [3.05, 3.63) is 311 Å². The highest BCUT2D eigenvalue weighted by Gasteiger charge is 2.71. The maximum atomic E-state index is 15.6. The minimum Gasteiger partial charge on any atom is -0.461 e. The Balaban J connectivity index is 0.873. The average Bonchev–Trinajstić information content (AvgIpc) is 0.672. The zero-order chi connectivity index (χ0) is 86.3. The molecule has 5 aliphatic carbocycles. The van der Waals surface area contributed by atoms with Gasteiger partial charge < -0.3 is 61.6 Å². The SMILES string of the molecule is C=CCOC(=O)[C@]12CCC(C)(C)C[C@H]1C1=CC[C@@H]3[C@@]4(C)CC[C@H](O[C@@H]5O[C@H](COC(=O)c6ccccc6)[C@@H](O[C@H]6O[C@H](COC(=O)c7ccccc7)[C@@H](OC(=O)c7ccccc7)[C@H](OC(=O)c7ccccc7)[C@H]6OC(=O)c6ccccc6)[C@H](OC(=O)c6ccccc6)[C@H]5OC(=O)c5ccccc5)[C@@](C)(COC(=O)c5ccccc5)C4CC[C@@]3(C)[C@]1(C)CC2. The molecule has 8 aromatic carbocycles. The van der Waals surface area contributed by atoms with E-state index in [9.17, 15) is 24.0 Å². The van der Waals surface area contributed by atoms with Crippen LogP contribution < -0.4 is 0 Å². The Kier molecular flexibility index (Phi) is 25.8. The van der Waals surface area contributed by atoms with E-state index in [0.29, 0.717) is 31.2 Å². The van der Waals surface area contributed by atoms with E-state index < -0.39 is 145 Å². The molecule has 15 rings (SSSR count). The van der Waals surface area contributed by atoms with Crippen molar-refractivity contribution in [1.29, 1.82) is 0 Å². The van der Waals surface area contributed by atoms with Crippen LogP contribution in [-0.2, 0) is 66.4 Å². The topological polar surface area (TPSA) is 274 Å². The summed E-state index contributed by atoms with van der Waals surface area (Å²) in [6.07, 6.45) is -9.44. The van der Waals surface area contributed by atoms with Crippen LogP contribution in [0, 0.1) is 50.2 Å². The van der Waals surface area contributed by atoms with Gasteiger partial charge in [-0.2, -0.15) is 0 Å². The molecule has 4 saturated carbocycles. The lowest BCUT2D eigenvalue weighted by Crippen LogP contribution is -2.69.